The average molecular weight is 252 g/mol. The molecule has 1 atom stereocenters. The molecule has 0 aromatic heterocycles. The molecule has 1 unspecified atom stereocenters. The van der Waals surface area contributed by atoms with Crippen molar-refractivity contribution in [3.05, 3.63) is 35.4 Å². The second-order valence-corrected chi connectivity index (χ2v) is 3.84. The first-order chi connectivity index (χ1) is 8.54. The van der Waals surface area contributed by atoms with Gasteiger partial charge in [0.05, 0.1) is 6.54 Å². The number of urea groups is 1. The van der Waals surface area contributed by atoms with E-state index in [-0.39, 0.29) is 18.5 Å². The number of terminal acetylenes is 1. The first kappa shape index (κ1) is 14.0. The van der Waals surface area contributed by atoms with Gasteiger partial charge in [0.1, 0.15) is 0 Å². The molecule has 1 aromatic rings. The van der Waals surface area contributed by atoms with Crippen LogP contribution in [0.4, 0.5) is 13.6 Å². The number of hydrogen-bond acceptors (Lipinski definition) is 1. The highest BCUT2D eigenvalue weighted by molar-refractivity contribution is 5.74. The quantitative estimate of drug-likeness (QED) is 0.791. The molecule has 2 amide bonds. The van der Waals surface area contributed by atoms with E-state index >= 15 is 0 Å². The lowest BCUT2D eigenvalue weighted by molar-refractivity contribution is 0.241. The van der Waals surface area contributed by atoms with Crippen molar-refractivity contribution in [3.63, 3.8) is 0 Å². The minimum atomic E-state index is -0.892. The summed E-state index contributed by atoms with van der Waals surface area (Å²) in [4.78, 5) is 11.2. The predicted molar refractivity (Wildman–Crippen MR) is 65.0 cm³/mol. The van der Waals surface area contributed by atoms with Crippen molar-refractivity contribution in [1.29, 1.82) is 0 Å². The highest BCUT2D eigenvalue weighted by Crippen LogP contribution is 2.17. The summed E-state index contributed by atoms with van der Waals surface area (Å²) in [6.45, 7) is 2.25. The van der Waals surface area contributed by atoms with Gasteiger partial charge in [-0.05, 0) is 23.6 Å². The van der Waals surface area contributed by atoms with Gasteiger partial charge in [-0.25, -0.2) is 13.6 Å². The first-order valence-electron chi connectivity index (χ1n) is 5.44. The van der Waals surface area contributed by atoms with Gasteiger partial charge in [-0.3, -0.25) is 0 Å². The van der Waals surface area contributed by atoms with Gasteiger partial charge in [0.25, 0.3) is 0 Å². The van der Waals surface area contributed by atoms with Crippen LogP contribution < -0.4 is 10.6 Å². The Bertz CT molecular complexity index is 469. The molecule has 3 nitrogen and oxygen atoms in total. The summed E-state index contributed by atoms with van der Waals surface area (Å²) in [5.41, 5.74) is 0.617. The molecule has 1 rings (SSSR count). The Kier molecular flexibility index (Phi) is 5.12. The summed E-state index contributed by atoms with van der Waals surface area (Å²) in [6, 6.07) is 3.30. The van der Waals surface area contributed by atoms with E-state index in [1.807, 2.05) is 0 Å². The van der Waals surface area contributed by atoms with Crippen molar-refractivity contribution in [2.75, 3.05) is 13.1 Å². The van der Waals surface area contributed by atoms with Crippen LogP contribution in [0.15, 0.2) is 18.2 Å². The zero-order chi connectivity index (χ0) is 13.5. The van der Waals surface area contributed by atoms with Gasteiger partial charge >= 0.3 is 6.03 Å². The molecular weight excluding hydrogens is 238 g/mol. The molecule has 0 aliphatic carbocycles. The van der Waals surface area contributed by atoms with Gasteiger partial charge in [-0.2, -0.15) is 0 Å². The first-order valence-corrected chi connectivity index (χ1v) is 5.44. The molecular formula is C13H14F2N2O. The van der Waals surface area contributed by atoms with E-state index in [2.05, 4.69) is 16.6 Å². The lowest BCUT2D eigenvalue weighted by atomic mass is 10.0. The number of carbonyl (C=O) groups is 1. The van der Waals surface area contributed by atoms with Crippen LogP contribution in [0.5, 0.6) is 0 Å². The third-order valence-electron chi connectivity index (χ3n) is 2.43. The molecule has 1 aromatic carbocycles. The summed E-state index contributed by atoms with van der Waals surface area (Å²) in [5, 5.41) is 5.03. The zero-order valence-corrected chi connectivity index (χ0v) is 9.97. The molecule has 2 N–H and O–H groups in total. The van der Waals surface area contributed by atoms with Gasteiger partial charge < -0.3 is 10.6 Å². The van der Waals surface area contributed by atoms with Crippen LogP contribution in [-0.2, 0) is 0 Å². The Morgan fingerprint density at radius 3 is 2.72 bits per heavy atom. The molecule has 0 radical (unpaired) electrons. The predicted octanol–water partition coefficient (Wildman–Crippen LogP) is 2.00. The smallest absolute Gasteiger partial charge is 0.315 e. The van der Waals surface area contributed by atoms with E-state index in [1.54, 1.807) is 6.92 Å². The van der Waals surface area contributed by atoms with Crippen LogP contribution in [0.1, 0.15) is 18.4 Å². The summed E-state index contributed by atoms with van der Waals surface area (Å²) in [7, 11) is 0. The van der Waals surface area contributed by atoms with Crippen LogP contribution in [-0.4, -0.2) is 19.1 Å². The summed E-state index contributed by atoms with van der Waals surface area (Å²) < 4.78 is 25.8. The van der Waals surface area contributed by atoms with E-state index < -0.39 is 11.6 Å². The Morgan fingerprint density at radius 1 is 1.39 bits per heavy atom. The monoisotopic (exact) mass is 252 g/mol. The molecule has 96 valence electrons. The van der Waals surface area contributed by atoms with Crippen LogP contribution in [0.3, 0.4) is 0 Å². The van der Waals surface area contributed by atoms with Crippen LogP contribution in [0, 0.1) is 24.0 Å². The Balaban J connectivity index is 2.50. The molecule has 0 saturated heterocycles. The van der Waals surface area contributed by atoms with E-state index in [0.717, 1.165) is 12.1 Å². The number of rotatable bonds is 4. The standard InChI is InChI=1S/C13H14F2N2O/c1-3-6-16-13(18)17-8-9(2)10-4-5-11(14)12(15)7-10/h1,4-5,7,9H,6,8H2,2H3,(H2,16,17,18). The fourth-order valence-corrected chi connectivity index (χ4v) is 1.38. The number of hydrogen-bond donors (Lipinski definition) is 2. The number of benzene rings is 1. The maximum atomic E-state index is 13.0. The highest BCUT2D eigenvalue weighted by Gasteiger charge is 2.10. The second-order valence-electron chi connectivity index (χ2n) is 3.84. The molecule has 5 heteroatoms. The highest BCUT2D eigenvalue weighted by atomic mass is 19.2. The van der Waals surface area contributed by atoms with Gasteiger partial charge in [0.15, 0.2) is 11.6 Å². The van der Waals surface area contributed by atoms with E-state index in [9.17, 15) is 13.6 Å². The second kappa shape index (κ2) is 6.60. The lowest BCUT2D eigenvalue weighted by Gasteiger charge is -2.13. The van der Waals surface area contributed by atoms with E-state index in [0.29, 0.717) is 12.1 Å². The minimum absolute atomic E-state index is 0.128. The summed E-state index contributed by atoms with van der Waals surface area (Å²) in [6.07, 6.45) is 4.98. The van der Waals surface area contributed by atoms with Gasteiger partial charge in [-0.1, -0.05) is 18.9 Å². The van der Waals surface area contributed by atoms with Gasteiger partial charge in [0, 0.05) is 6.54 Å². The fourth-order valence-electron chi connectivity index (χ4n) is 1.38. The number of halogens is 2. The lowest BCUT2D eigenvalue weighted by Crippen LogP contribution is -2.37. The van der Waals surface area contributed by atoms with Gasteiger partial charge in [0.2, 0.25) is 0 Å². The maximum absolute atomic E-state index is 13.0. The Labute approximate surface area is 105 Å². The minimum Gasteiger partial charge on any atom is -0.338 e. The normalized spacial score (nSPS) is 11.4. The SMILES string of the molecule is C#CCNC(=O)NCC(C)c1ccc(F)c(F)c1. The number of nitrogens with one attached hydrogen (secondary N) is 2. The molecule has 0 saturated carbocycles. The van der Waals surface area contributed by atoms with Crippen molar-refractivity contribution >= 4 is 6.03 Å². The third kappa shape index (κ3) is 4.06. The molecule has 18 heavy (non-hydrogen) atoms. The number of amides is 2. The van der Waals surface area contributed by atoms with Crippen molar-refractivity contribution in [1.82, 2.24) is 10.6 Å². The van der Waals surface area contributed by atoms with E-state index in [1.165, 1.54) is 6.07 Å². The topological polar surface area (TPSA) is 41.1 Å². The molecule has 0 aliphatic heterocycles. The summed E-state index contributed by atoms with van der Waals surface area (Å²) >= 11 is 0. The molecule has 0 heterocycles. The molecule has 0 spiro atoms. The van der Waals surface area contributed by atoms with Crippen molar-refractivity contribution < 1.29 is 13.6 Å². The fraction of sp³-hybridized carbons (Fsp3) is 0.308. The van der Waals surface area contributed by atoms with Gasteiger partial charge in [-0.15, -0.1) is 6.42 Å². The number of carbonyl (C=O) groups excluding carboxylic acids is 1. The summed E-state index contributed by atoms with van der Waals surface area (Å²) in [5.74, 6) is 0.364. The molecule has 0 aliphatic rings. The van der Waals surface area contributed by atoms with Crippen molar-refractivity contribution in [2.24, 2.45) is 0 Å². The van der Waals surface area contributed by atoms with E-state index in [4.69, 9.17) is 6.42 Å². The average Bonchev–Trinajstić information content (AvgIpc) is 2.36. The molecule has 0 bridgehead atoms. The van der Waals surface area contributed by atoms with Crippen molar-refractivity contribution in [3.8, 4) is 12.3 Å². The third-order valence-corrected chi connectivity index (χ3v) is 2.43. The van der Waals surface area contributed by atoms with Crippen LogP contribution in [0.2, 0.25) is 0 Å². The van der Waals surface area contributed by atoms with Crippen LogP contribution >= 0.6 is 0 Å². The maximum Gasteiger partial charge on any atom is 0.315 e. The Morgan fingerprint density at radius 2 is 2.11 bits per heavy atom. The van der Waals surface area contributed by atoms with Crippen LogP contribution in [0.25, 0.3) is 0 Å². The zero-order valence-electron chi connectivity index (χ0n) is 9.97. The largest absolute Gasteiger partial charge is 0.338 e. The molecule has 0 fully saturated rings. The Hall–Kier alpha value is -2.09. The van der Waals surface area contributed by atoms with Crippen molar-refractivity contribution in [2.45, 2.75) is 12.8 Å².